The highest BCUT2D eigenvalue weighted by molar-refractivity contribution is 5.67. The lowest BCUT2D eigenvalue weighted by atomic mass is 10.1. The second kappa shape index (κ2) is 5.58. The van der Waals surface area contributed by atoms with E-state index in [9.17, 15) is 0 Å². The number of nitrogens with two attached hydrogens (primary N) is 1. The van der Waals surface area contributed by atoms with Gasteiger partial charge in [-0.1, -0.05) is 42.5 Å². The van der Waals surface area contributed by atoms with Crippen molar-refractivity contribution >= 4 is 11.4 Å². The van der Waals surface area contributed by atoms with E-state index in [2.05, 4.69) is 49.1 Å². The molecule has 0 aliphatic carbocycles. The second-order valence-corrected chi connectivity index (χ2v) is 4.77. The molecular formula is C16H20N2. The Morgan fingerprint density at radius 1 is 0.944 bits per heavy atom. The van der Waals surface area contributed by atoms with Gasteiger partial charge in [0.1, 0.15) is 0 Å². The van der Waals surface area contributed by atoms with Gasteiger partial charge in [0.15, 0.2) is 0 Å². The van der Waals surface area contributed by atoms with Gasteiger partial charge in [-0.25, -0.2) is 0 Å². The Kier molecular flexibility index (Phi) is 3.88. The average molecular weight is 240 g/mol. The molecule has 0 radical (unpaired) electrons. The van der Waals surface area contributed by atoms with Gasteiger partial charge in [-0.2, -0.15) is 0 Å². The zero-order valence-electron chi connectivity index (χ0n) is 11.0. The molecule has 2 heteroatoms. The molecule has 2 aromatic carbocycles. The van der Waals surface area contributed by atoms with Crippen LogP contribution in [0.4, 0.5) is 11.4 Å². The zero-order valence-corrected chi connectivity index (χ0v) is 11.0. The van der Waals surface area contributed by atoms with Crippen LogP contribution in [0.5, 0.6) is 0 Å². The van der Waals surface area contributed by atoms with Gasteiger partial charge in [0.25, 0.3) is 0 Å². The molecule has 0 bridgehead atoms. The van der Waals surface area contributed by atoms with Gasteiger partial charge in [-0.3, -0.25) is 0 Å². The SMILES string of the molecule is CC(C)N(Cc1ccccc1)c1ccccc1N. The van der Waals surface area contributed by atoms with Crippen LogP contribution in [0, 0.1) is 0 Å². The first-order valence-corrected chi connectivity index (χ1v) is 6.33. The largest absolute Gasteiger partial charge is 0.397 e. The molecule has 0 aromatic heterocycles. The molecule has 0 heterocycles. The Labute approximate surface area is 109 Å². The molecule has 0 unspecified atom stereocenters. The van der Waals surface area contributed by atoms with E-state index in [1.165, 1.54) is 5.56 Å². The van der Waals surface area contributed by atoms with Crippen molar-refractivity contribution in [1.82, 2.24) is 0 Å². The van der Waals surface area contributed by atoms with E-state index in [0.29, 0.717) is 6.04 Å². The highest BCUT2D eigenvalue weighted by Gasteiger charge is 2.13. The number of nitrogen functional groups attached to an aromatic ring is 1. The lowest BCUT2D eigenvalue weighted by Crippen LogP contribution is -2.30. The molecule has 2 aromatic rings. The first-order valence-electron chi connectivity index (χ1n) is 6.33. The number of benzene rings is 2. The molecule has 2 nitrogen and oxygen atoms in total. The van der Waals surface area contributed by atoms with Crippen LogP contribution >= 0.6 is 0 Å². The lowest BCUT2D eigenvalue weighted by Gasteiger charge is -2.30. The summed E-state index contributed by atoms with van der Waals surface area (Å²) in [6, 6.07) is 18.9. The van der Waals surface area contributed by atoms with Crippen LogP contribution in [0.1, 0.15) is 19.4 Å². The summed E-state index contributed by atoms with van der Waals surface area (Å²) < 4.78 is 0. The summed E-state index contributed by atoms with van der Waals surface area (Å²) >= 11 is 0. The fourth-order valence-electron chi connectivity index (χ4n) is 2.08. The van der Waals surface area contributed by atoms with Crippen LogP contribution in [0.2, 0.25) is 0 Å². The van der Waals surface area contributed by atoms with Crippen molar-refractivity contribution in [3.63, 3.8) is 0 Å². The van der Waals surface area contributed by atoms with Crippen molar-refractivity contribution in [3.05, 3.63) is 60.2 Å². The van der Waals surface area contributed by atoms with Crippen LogP contribution in [0.15, 0.2) is 54.6 Å². The zero-order chi connectivity index (χ0) is 13.0. The van der Waals surface area contributed by atoms with Gasteiger partial charge < -0.3 is 10.6 Å². The van der Waals surface area contributed by atoms with Crippen LogP contribution in [0.3, 0.4) is 0 Å². The van der Waals surface area contributed by atoms with E-state index < -0.39 is 0 Å². The van der Waals surface area contributed by atoms with Crippen molar-refractivity contribution < 1.29 is 0 Å². The minimum absolute atomic E-state index is 0.412. The molecule has 0 saturated heterocycles. The predicted octanol–water partition coefficient (Wildman–Crippen LogP) is 3.68. The quantitative estimate of drug-likeness (QED) is 0.826. The van der Waals surface area contributed by atoms with E-state index in [-0.39, 0.29) is 0 Å². The third kappa shape index (κ3) is 2.83. The van der Waals surface area contributed by atoms with E-state index >= 15 is 0 Å². The normalized spacial score (nSPS) is 10.6. The fraction of sp³-hybridized carbons (Fsp3) is 0.250. The first kappa shape index (κ1) is 12.5. The van der Waals surface area contributed by atoms with Gasteiger partial charge in [-0.05, 0) is 31.5 Å². The average Bonchev–Trinajstić information content (AvgIpc) is 2.38. The summed E-state index contributed by atoms with van der Waals surface area (Å²) in [5.74, 6) is 0. The number of rotatable bonds is 4. The topological polar surface area (TPSA) is 29.3 Å². The molecule has 0 spiro atoms. The molecule has 0 aliphatic rings. The molecule has 2 N–H and O–H groups in total. The standard InChI is InChI=1S/C16H20N2/c1-13(2)18(12-14-8-4-3-5-9-14)16-11-7-6-10-15(16)17/h3-11,13H,12,17H2,1-2H3. The van der Waals surface area contributed by atoms with Crippen LogP contribution in [-0.4, -0.2) is 6.04 Å². The Hall–Kier alpha value is -1.96. The predicted molar refractivity (Wildman–Crippen MR) is 78.6 cm³/mol. The van der Waals surface area contributed by atoms with Gasteiger partial charge in [0.05, 0.1) is 11.4 Å². The van der Waals surface area contributed by atoms with Crippen molar-refractivity contribution in [3.8, 4) is 0 Å². The van der Waals surface area contributed by atoms with E-state index in [1.807, 2.05) is 24.3 Å². The molecule has 18 heavy (non-hydrogen) atoms. The summed E-state index contributed by atoms with van der Waals surface area (Å²) in [4.78, 5) is 2.32. The number of nitrogens with zero attached hydrogens (tertiary/aromatic N) is 1. The summed E-state index contributed by atoms with van der Waals surface area (Å²) in [5, 5.41) is 0. The molecule has 2 rings (SSSR count). The van der Waals surface area contributed by atoms with Crippen molar-refractivity contribution in [1.29, 1.82) is 0 Å². The summed E-state index contributed by atoms with van der Waals surface area (Å²) in [5.41, 5.74) is 9.31. The Morgan fingerprint density at radius 2 is 1.56 bits per heavy atom. The fourth-order valence-corrected chi connectivity index (χ4v) is 2.08. The maximum absolute atomic E-state index is 6.07. The highest BCUT2D eigenvalue weighted by atomic mass is 15.2. The summed E-state index contributed by atoms with van der Waals surface area (Å²) in [7, 11) is 0. The van der Waals surface area contributed by atoms with Crippen LogP contribution in [0.25, 0.3) is 0 Å². The molecule has 0 amide bonds. The maximum atomic E-state index is 6.07. The van der Waals surface area contributed by atoms with Gasteiger partial charge >= 0.3 is 0 Å². The Morgan fingerprint density at radius 3 is 2.17 bits per heavy atom. The molecule has 0 aliphatic heterocycles. The van der Waals surface area contributed by atoms with Crippen molar-refractivity contribution in [2.24, 2.45) is 0 Å². The number of hydrogen-bond acceptors (Lipinski definition) is 2. The monoisotopic (exact) mass is 240 g/mol. The van der Waals surface area contributed by atoms with Gasteiger partial charge in [-0.15, -0.1) is 0 Å². The van der Waals surface area contributed by atoms with E-state index in [4.69, 9.17) is 5.73 Å². The van der Waals surface area contributed by atoms with Gasteiger partial charge in [0.2, 0.25) is 0 Å². The molecule has 94 valence electrons. The number of hydrogen-bond donors (Lipinski definition) is 1. The molecule has 0 fully saturated rings. The maximum Gasteiger partial charge on any atom is 0.0605 e. The number of para-hydroxylation sites is 2. The minimum Gasteiger partial charge on any atom is -0.397 e. The second-order valence-electron chi connectivity index (χ2n) is 4.77. The third-order valence-corrected chi connectivity index (χ3v) is 3.07. The Bertz CT molecular complexity index is 491. The summed E-state index contributed by atoms with van der Waals surface area (Å²) in [6.45, 7) is 5.26. The van der Waals surface area contributed by atoms with Gasteiger partial charge in [0, 0.05) is 12.6 Å². The molecular weight excluding hydrogens is 220 g/mol. The van der Waals surface area contributed by atoms with Crippen molar-refractivity contribution in [2.75, 3.05) is 10.6 Å². The minimum atomic E-state index is 0.412. The summed E-state index contributed by atoms with van der Waals surface area (Å²) in [6.07, 6.45) is 0. The van der Waals surface area contributed by atoms with E-state index in [0.717, 1.165) is 17.9 Å². The Balaban J connectivity index is 2.27. The smallest absolute Gasteiger partial charge is 0.0605 e. The number of anilines is 2. The van der Waals surface area contributed by atoms with Crippen LogP contribution in [-0.2, 0) is 6.54 Å². The first-order chi connectivity index (χ1) is 8.68. The third-order valence-electron chi connectivity index (χ3n) is 3.07. The van der Waals surface area contributed by atoms with Crippen LogP contribution < -0.4 is 10.6 Å². The molecule has 0 atom stereocenters. The van der Waals surface area contributed by atoms with Crippen molar-refractivity contribution in [2.45, 2.75) is 26.4 Å². The van der Waals surface area contributed by atoms with E-state index in [1.54, 1.807) is 0 Å². The molecule has 0 saturated carbocycles. The lowest BCUT2D eigenvalue weighted by molar-refractivity contribution is 0.683. The highest BCUT2D eigenvalue weighted by Crippen LogP contribution is 2.26.